The van der Waals surface area contributed by atoms with Gasteiger partial charge in [0.25, 0.3) is 0 Å². The first-order valence-electron chi connectivity index (χ1n) is 10.3. The van der Waals surface area contributed by atoms with Crippen molar-refractivity contribution in [3.8, 4) is 17.1 Å². The van der Waals surface area contributed by atoms with Crippen LogP contribution >= 0.6 is 0 Å². The summed E-state index contributed by atoms with van der Waals surface area (Å²) in [6.07, 6.45) is 4.87. The average Bonchev–Trinajstić information content (AvgIpc) is 3.21. The van der Waals surface area contributed by atoms with E-state index in [1.54, 1.807) is 18.5 Å². The molecule has 2 atom stereocenters. The normalized spacial score (nSPS) is 20.2. The fourth-order valence-corrected chi connectivity index (χ4v) is 4.35. The molecule has 5 rings (SSSR count). The van der Waals surface area contributed by atoms with E-state index in [4.69, 9.17) is 4.74 Å². The Morgan fingerprint density at radius 3 is 2.63 bits per heavy atom. The summed E-state index contributed by atoms with van der Waals surface area (Å²) >= 11 is 0. The lowest BCUT2D eigenvalue weighted by atomic mass is 9.94. The van der Waals surface area contributed by atoms with Crippen LogP contribution < -0.4 is 10.1 Å². The third kappa shape index (κ3) is 3.55. The zero-order valence-corrected chi connectivity index (χ0v) is 16.9. The molecule has 2 unspecified atom stereocenters. The van der Waals surface area contributed by atoms with Gasteiger partial charge in [-0.05, 0) is 42.3 Å². The van der Waals surface area contributed by atoms with Crippen LogP contribution in [-0.2, 0) is 24.2 Å². The summed E-state index contributed by atoms with van der Waals surface area (Å²) in [5, 5.41) is 3.11. The Labute approximate surface area is 175 Å². The first-order valence-corrected chi connectivity index (χ1v) is 10.3. The molecule has 2 aliphatic rings. The number of carbonyl (C=O) groups excluding carboxylic acids is 1. The molecule has 152 valence electrons. The van der Waals surface area contributed by atoms with Gasteiger partial charge >= 0.3 is 0 Å². The quantitative estimate of drug-likeness (QED) is 0.729. The molecule has 6 heteroatoms. The number of hydrogen-bond donors (Lipinski definition) is 1. The van der Waals surface area contributed by atoms with Crippen LogP contribution in [0, 0.1) is 0 Å². The Kier molecular flexibility index (Phi) is 4.93. The fraction of sp³-hybridized carbons (Fsp3) is 0.292. The Morgan fingerprint density at radius 1 is 1.03 bits per heavy atom. The van der Waals surface area contributed by atoms with Gasteiger partial charge in [-0.25, -0.2) is 9.97 Å². The minimum atomic E-state index is -0.156. The highest BCUT2D eigenvalue weighted by Gasteiger charge is 2.31. The van der Waals surface area contributed by atoms with E-state index >= 15 is 0 Å². The van der Waals surface area contributed by atoms with Gasteiger partial charge < -0.3 is 10.1 Å². The van der Waals surface area contributed by atoms with Crippen molar-refractivity contribution in [2.75, 3.05) is 13.6 Å². The molecule has 0 saturated heterocycles. The summed E-state index contributed by atoms with van der Waals surface area (Å²) < 4.78 is 6.20. The van der Waals surface area contributed by atoms with E-state index in [2.05, 4.69) is 44.5 Å². The maximum absolute atomic E-state index is 12.9. The van der Waals surface area contributed by atoms with Crippen molar-refractivity contribution < 1.29 is 9.53 Å². The number of nitrogens with zero attached hydrogens (tertiary/aromatic N) is 3. The van der Waals surface area contributed by atoms with Crippen molar-refractivity contribution in [3.05, 3.63) is 77.6 Å². The Bertz CT molecular complexity index is 1070. The summed E-state index contributed by atoms with van der Waals surface area (Å²) in [4.78, 5) is 23.7. The number of hydrogen-bond acceptors (Lipinski definition) is 5. The molecule has 2 aromatic carbocycles. The van der Waals surface area contributed by atoms with Crippen LogP contribution in [-0.4, -0.2) is 46.5 Å². The lowest BCUT2D eigenvalue weighted by Crippen LogP contribution is -2.50. The lowest BCUT2D eigenvalue weighted by Gasteiger charge is -2.33. The van der Waals surface area contributed by atoms with Crippen molar-refractivity contribution in [2.24, 2.45) is 0 Å². The zero-order chi connectivity index (χ0) is 20.5. The van der Waals surface area contributed by atoms with Gasteiger partial charge in [-0.15, -0.1) is 0 Å². The van der Waals surface area contributed by atoms with E-state index in [0.29, 0.717) is 12.4 Å². The first-order chi connectivity index (χ1) is 14.7. The summed E-state index contributed by atoms with van der Waals surface area (Å²) in [6, 6.07) is 16.0. The van der Waals surface area contributed by atoms with Crippen molar-refractivity contribution in [1.29, 1.82) is 0 Å². The third-order valence-corrected chi connectivity index (χ3v) is 5.93. The number of carbonyl (C=O) groups is 1. The largest absolute Gasteiger partial charge is 0.487 e. The molecule has 0 fully saturated rings. The summed E-state index contributed by atoms with van der Waals surface area (Å²) in [5.74, 6) is 1.53. The summed E-state index contributed by atoms with van der Waals surface area (Å²) in [6.45, 7) is 1.27. The van der Waals surface area contributed by atoms with Gasteiger partial charge in [0.15, 0.2) is 5.82 Å². The molecule has 30 heavy (non-hydrogen) atoms. The second kappa shape index (κ2) is 7.88. The summed E-state index contributed by atoms with van der Waals surface area (Å²) in [7, 11) is 2.01. The van der Waals surface area contributed by atoms with Gasteiger partial charge in [0, 0.05) is 25.4 Å². The van der Waals surface area contributed by atoms with Crippen molar-refractivity contribution in [1.82, 2.24) is 20.2 Å². The first kappa shape index (κ1) is 18.8. The van der Waals surface area contributed by atoms with Crippen LogP contribution in [0.3, 0.4) is 0 Å². The highest BCUT2D eigenvalue weighted by Crippen LogP contribution is 2.37. The molecule has 3 aromatic rings. The van der Waals surface area contributed by atoms with Crippen LogP contribution in [0.5, 0.6) is 5.75 Å². The van der Waals surface area contributed by atoms with Gasteiger partial charge in [-0.1, -0.05) is 36.4 Å². The minimum absolute atomic E-state index is 0.0539. The molecule has 1 aromatic heterocycles. The number of benzene rings is 2. The van der Waals surface area contributed by atoms with Crippen LogP contribution in [0.25, 0.3) is 11.4 Å². The van der Waals surface area contributed by atoms with Crippen molar-refractivity contribution in [3.63, 3.8) is 0 Å². The van der Waals surface area contributed by atoms with Gasteiger partial charge in [0.2, 0.25) is 5.91 Å². The minimum Gasteiger partial charge on any atom is -0.487 e. The number of ether oxygens (including phenoxy) is 1. The molecule has 0 saturated carbocycles. The number of likely N-dealkylation sites (N-methyl/N-ethyl adjacent to an activating group) is 1. The maximum atomic E-state index is 12.9. The summed E-state index contributed by atoms with van der Waals surface area (Å²) in [5.41, 5.74) is 4.58. The molecule has 6 nitrogen and oxygen atoms in total. The smallest absolute Gasteiger partial charge is 0.237 e. The van der Waals surface area contributed by atoms with E-state index in [1.807, 2.05) is 25.2 Å². The Morgan fingerprint density at radius 2 is 1.80 bits per heavy atom. The second-order valence-electron chi connectivity index (χ2n) is 7.96. The lowest BCUT2D eigenvalue weighted by molar-refractivity contribution is -0.126. The van der Waals surface area contributed by atoms with Gasteiger partial charge in [0.05, 0.1) is 18.2 Å². The van der Waals surface area contributed by atoms with Crippen molar-refractivity contribution in [2.45, 2.75) is 31.5 Å². The monoisotopic (exact) mass is 400 g/mol. The zero-order valence-electron chi connectivity index (χ0n) is 16.9. The van der Waals surface area contributed by atoms with Crippen LogP contribution in [0.1, 0.15) is 16.7 Å². The van der Waals surface area contributed by atoms with Gasteiger partial charge in [0.1, 0.15) is 11.9 Å². The number of para-hydroxylation sites is 1. The van der Waals surface area contributed by atoms with Crippen LogP contribution in [0.4, 0.5) is 0 Å². The van der Waals surface area contributed by atoms with E-state index in [1.165, 1.54) is 11.1 Å². The van der Waals surface area contributed by atoms with Crippen LogP contribution in [0.15, 0.2) is 60.9 Å². The van der Waals surface area contributed by atoms with Gasteiger partial charge in [-0.2, -0.15) is 0 Å². The fourth-order valence-electron chi connectivity index (χ4n) is 4.35. The molecule has 1 amide bonds. The topological polar surface area (TPSA) is 67.4 Å². The van der Waals surface area contributed by atoms with E-state index in [0.717, 1.165) is 36.3 Å². The number of amides is 1. The van der Waals surface area contributed by atoms with Crippen LogP contribution in [0.2, 0.25) is 0 Å². The number of aromatic nitrogens is 2. The maximum Gasteiger partial charge on any atom is 0.237 e. The Balaban J connectivity index is 1.24. The molecule has 0 radical (unpaired) electrons. The average molecular weight is 400 g/mol. The van der Waals surface area contributed by atoms with E-state index in [9.17, 15) is 4.79 Å². The number of rotatable bonds is 4. The highest BCUT2D eigenvalue weighted by molar-refractivity contribution is 5.82. The molecular weight excluding hydrogens is 376 g/mol. The molecule has 0 spiro atoms. The highest BCUT2D eigenvalue weighted by atomic mass is 16.5. The number of fused-ring (bicyclic) bond motifs is 2. The standard InChI is InChI=1S/C24H24N4O2/c1-28-15-18-7-3-2-6-16(18)13-21(28)24(29)27-14-19-12-17-8-4-9-20(22(17)30-19)23-25-10-5-11-26-23/h2-11,19,21H,12-15H2,1H3,(H,27,29). The van der Waals surface area contributed by atoms with E-state index in [-0.39, 0.29) is 18.1 Å². The second-order valence-corrected chi connectivity index (χ2v) is 7.96. The van der Waals surface area contributed by atoms with E-state index < -0.39 is 0 Å². The molecule has 3 heterocycles. The third-order valence-electron chi connectivity index (χ3n) is 5.93. The predicted octanol–water partition coefficient (Wildman–Crippen LogP) is 2.62. The van der Waals surface area contributed by atoms with Crippen molar-refractivity contribution >= 4 is 5.91 Å². The van der Waals surface area contributed by atoms with Gasteiger partial charge in [-0.3, -0.25) is 9.69 Å². The Hall–Kier alpha value is -3.25. The molecule has 2 aliphatic heterocycles. The molecule has 0 aliphatic carbocycles. The molecule has 0 bridgehead atoms. The molecule has 1 N–H and O–H groups in total. The SMILES string of the molecule is CN1Cc2ccccc2CC1C(=O)NCC1Cc2cccc(-c3ncccn3)c2O1. The number of nitrogens with one attached hydrogen (secondary N) is 1. The molecular formula is C24H24N4O2. The predicted molar refractivity (Wildman–Crippen MR) is 114 cm³/mol.